The summed E-state index contributed by atoms with van der Waals surface area (Å²) in [4.78, 5) is 12.2. The van der Waals surface area contributed by atoms with Gasteiger partial charge >= 0.3 is 0 Å². The Morgan fingerprint density at radius 3 is 3.00 bits per heavy atom. The molecule has 29 heavy (non-hydrogen) atoms. The Labute approximate surface area is 181 Å². The molecular weight excluding hydrogens is 430 g/mol. The van der Waals surface area contributed by atoms with Gasteiger partial charge < -0.3 is 14.6 Å². The van der Waals surface area contributed by atoms with Crippen molar-refractivity contribution in [3.8, 4) is 11.8 Å². The summed E-state index contributed by atoms with van der Waals surface area (Å²) in [7, 11) is 1.82. The first-order chi connectivity index (χ1) is 13.9. The molecule has 2 heterocycles. The molecule has 150 valence electrons. The van der Waals surface area contributed by atoms with Crippen molar-refractivity contribution in [3.05, 3.63) is 51.6 Å². The number of thioether (sulfide) groups is 1. The maximum absolute atomic E-state index is 12.2. The van der Waals surface area contributed by atoms with Crippen LogP contribution in [-0.4, -0.2) is 26.4 Å². The van der Waals surface area contributed by atoms with E-state index in [0.717, 1.165) is 5.56 Å². The fourth-order valence-corrected chi connectivity index (χ4v) is 4.17. The first kappa shape index (κ1) is 21.2. The largest absolute Gasteiger partial charge is 0.481 e. The summed E-state index contributed by atoms with van der Waals surface area (Å²) >= 11 is 8.77. The average Bonchev–Trinajstić information content (AvgIpc) is 3.29. The molecule has 0 bridgehead atoms. The number of thiophene rings is 1. The van der Waals surface area contributed by atoms with Crippen molar-refractivity contribution in [3.63, 3.8) is 0 Å². The maximum Gasteiger partial charge on any atom is 0.235 e. The van der Waals surface area contributed by atoms with Gasteiger partial charge in [0, 0.05) is 7.05 Å². The molecule has 3 aromatic rings. The van der Waals surface area contributed by atoms with E-state index in [-0.39, 0.29) is 17.8 Å². The fraction of sp³-hybridized carbons (Fsp3) is 0.263. The minimum Gasteiger partial charge on any atom is -0.481 e. The Morgan fingerprint density at radius 1 is 1.45 bits per heavy atom. The molecule has 0 fully saturated rings. The summed E-state index contributed by atoms with van der Waals surface area (Å²) in [6.07, 6.45) is -0.376. The van der Waals surface area contributed by atoms with Crippen LogP contribution in [0.4, 0.5) is 5.00 Å². The minimum atomic E-state index is -0.376. The summed E-state index contributed by atoms with van der Waals surface area (Å²) in [5.74, 6) is 1.14. The normalized spacial score (nSPS) is 11.7. The van der Waals surface area contributed by atoms with Crippen LogP contribution in [0.25, 0.3) is 0 Å². The highest BCUT2D eigenvalue weighted by Gasteiger charge is 2.19. The number of halogens is 1. The molecule has 10 heteroatoms. The van der Waals surface area contributed by atoms with Crippen molar-refractivity contribution >= 4 is 45.6 Å². The number of ether oxygens (including phenoxy) is 1. The molecule has 0 aliphatic carbocycles. The third-order valence-corrected chi connectivity index (χ3v) is 6.16. The van der Waals surface area contributed by atoms with E-state index in [1.165, 1.54) is 23.1 Å². The number of nitriles is 1. The van der Waals surface area contributed by atoms with Crippen molar-refractivity contribution in [2.75, 3.05) is 11.1 Å². The maximum atomic E-state index is 12.2. The van der Waals surface area contributed by atoms with Crippen molar-refractivity contribution in [2.45, 2.75) is 25.1 Å². The Bertz CT molecular complexity index is 1070. The van der Waals surface area contributed by atoms with E-state index in [4.69, 9.17) is 21.6 Å². The average molecular weight is 448 g/mol. The molecule has 2 aromatic heterocycles. The quantitative estimate of drug-likeness (QED) is 0.533. The molecule has 0 spiro atoms. The van der Waals surface area contributed by atoms with E-state index in [0.29, 0.717) is 32.3 Å². The van der Waals surface area contributed by atoms with Gasteiger partial charge in [0.1, 0.15) is 16.8 Å². The number of hydrogen-bond acceptors (Lipinski definition) is 7. The molecule has 1 N–H and O–H groups in total. The predicted molar refractivity (Wildman–Crippen MR) is 115 cm³/mol. The summed E-state index contributed by atoms with van der Waals surface area (Å²) in [5.41, 5.74) is 1.50. The third kappa shape index (κ3) is 5.09. The van der Waals surface area contributed by atoms with Gasteiger partial charge in [-0.25, -0.2) is 0 Å². The molecule has 0 saturated carbocycles. The van der Waals surface area contributed by atoms with Crippen LogP contribution in [0.3, 0.4) is 0 Å². The van der Waals surface area contributed by atoms with Crippen molar-refractivity contribution in [1.82, 2.24) is 14.8 Å². The highest BCUT2D eigenvalue weighted by atomic mass is 35.5. The molecule has 0 aliphatic rings. The fourth-order valence-electron chi connectivity index (χ4n) is 2.54. The van der Waals surface area contributed by atoms with Crippen LogP contribution in [0.2, 0.25) is 5.02 Å². The highest BCUT2D eigenvalue weighted by molar-refractivity contribution is 7.99. The molecule has 0 radical (unpaired) electrons. The lowest BCUT2D eigenvalue weighted by molar-refractivity contribution is -0.113. The molecule has 3 rings (SSSR count). The number of amides is 1. The van der Waals surface area contributed by atoms with Gasteiger partial charge in [-0.2, -0.15) is 5.26 Å². The summed E-state index contributed by atoms with van der Waals surface area (Å²) in [6, 6.07) is 9.29. The van der Waals surface area contributed by atoms with Crippen LogP contribution in [0.5, 0.6) is 5.75 Å². The second-order valence-electron chi connectivity index (χ2n) is 6.21. The van der Waals surface area contributed by atoms with E-state index in [1.54, 1.807) is 22.1 Å². The zero-order valence-corrected chi connectivity index (χ0v) is 18.4. The smallest absolute Gasteiger partial charge is 0.235 e. The standard InChI is InChI=1S/C19H18ClN5O2S2/c1-11-4-5-14(20)15(8-11)27-12(2)17-23-24-19(25(17)3)29-10-16(26)22-18-13(9-21)6-7-28-18/h4-8,12H,10H2,1-3H3,(H,22,26). The topological polar surface area (TPSA) is 92.8 Å². The van der Waals surface area contributed by atoms with Crippen LogP contribution >= 0.6 is 34.7 Å². The van der Waals surface area contributed by atoms with Crippen LogP contribution in [0.15, 0.2) is 34.8 Å². The molecule has 1 unspecified atom stereocenters. The second-order valence-corrected chi connectivity index (χ2v) is 8.47. The number of nitrogens with one attached hydrogen (secondary N) is 1. The molecule has 1 aromatic carbocycles. The molecular formula is C19H18ClN5O2S2. The predicted octanol–water partition coefficient (Wildman–Crippen LogP) is 4.58. The van der Waals surface area contributed by atoms with E-state index in [1.807, 2.05) is 39.1 Å². The minimum absolute atomic E-state index is 0.147. The third-order valence-electron chi connectivity index (χ3n) is 3.99. The molecule has 1 amide bonds. The van der Waals surface area contributed by atoms with Gasteiger partial charge in [-0.1, -0.05) is 29.4 Å². The first-order valence-corrected chi connectivity index (χ1v) is 10.9. The van der Waals surface area contributed by atoms with Gasteiger partial charge in [0.25, 0.3) is 0 Å². The lowest BCUT2D eigenvalue weighted by Gasteiger charge is -2.15. The number of carbonyl (C=O) groups is 1. The zero-order valence-electron chi connectivity index (χ0n) is 16.0. The Hall–Kier alpha value is -2.54. The monoisotopic (exact) mass is 447 g/mol. The van der Waals surface area contributed by atoms with Crippen molar-refractivity contribution < 1.29 is 9.53 Å². The number of rotatable bonds is 7. The second kappa shape index (κ2) is 9.31. The number of hydrogen-bond donors (Lipinski definition) is 1. The SMILES string of the molecule is Cc1ccc(Cl)c(OC(C)c2nnc(SCC(=O)Nc3sccc3C#N)n2C)c1. The number of aryl methyl sites for hydroxylation is 1. The van der Waals surface area contributed by atoms with E-state index in [9.17, 15) is 4.79 Å². The number of nitrogens with zero attached hydrogens (tertiary/aromatic N) is 4. The van der Waals surface area contributed by atoms with Gasteiger partial charge in [-0.15, -0.1) is 21.5 Å². The number of anilines is 1. The van der Waals surface area contributed by atoms with Gasteiger partial charge in [-0.05, 0) is 43.0 Å². The molecule has 7 nitrogen and oxygen atoms in total. The van der Waals surface area contributed by atoms with E-state index >= 15 is 0 Å². The Morgan fingerprint density at radius 2 is 2.24 bits per heavy atom. The van der Waals surface area contributed by atoms with Crippen molar-refractivity contribution in [1.29, 1.82) is 5.26 Å². The van der Waals surface area contributed by atoms with E-state index in [2.05, 4.69) is 15.5 Å². The zero-order chi connectivity index (χ0) is 21.0. The van der Waals surface area contributed by atoms with Crippen LogP contribution < -0.4 is 10.1 Å². The Kier molecular flexibility index (Phi) is 6.79. The number of carbonyl (C=O) groups excluding carboxylic acids is 1. The van der Waals surface area contributed by atoms with Crippen LogP contribution in [-0.2, 0) is 11.8 Å². The lowest BCUT2D eigenvalue weighted by atomic mass is 10.2. The molecule has 0 aliphatic heterocycles. The van der Waals surface area contributed by atoms with Crippen molar-refractivity contribution in [2.24, 2.45) is 7.05 Å². The lowest BCUT2D eigenvalue weighted by Crippen LogP contribution is -2.14. The molecule has 1 atom stereocenters. The summed E-state index contributed by atoms with van der Waals surface area (Å²) < 4.78 is 7.74. The highest BCUT2D eigenvalue weighted by Crippen LogP contribution is 2.30. The number of benzene rings is 1. The van der Waals surface area contributed by atoms with E-state index < -0.39 is 0 Å². The molecule has 0 saturated heterocycles. The van der Waals surface area contributed by atoms with Gasteiger partial charge in [0.15, 0.2) is 17.1 Å². The van der Waals surface area contributed by atoms with Gasteiger partial charge in [0.2, 0.25) is 5.91 Å². The summed E-state index contributed by atoms with van der Waals surface area (Å²) in [6.45, 7) is 3.83. The number of aromatic nitrogens is 3. The first-order valence-electron chi connectivity index (χ1n) is 8.61. The van der Waals surface area contributed by atoms with Crippen LogP contribution in [0.1, 0.15) is 30.0 Å². The summed E-state index contributed by atoms with van der Waals surface area (Å²) in [5, 5.41) is 23.5. The Balaban J connectivity index is 1.62. The van der Waals surface area contributed by atoms with Gasteiger partial charge in [0.05, 0.1) is 16.3 Å². The van der Waals surface area contributed by atoms with Gasteiger partial charge in [-0.3, -0.25) is 4.79 Å². The van der Waals surface area contributed by atoms with Crippen LogP contribution in [0, 0.1) is 18.3 Å².